The lowest BCUT2D eigenvalue weighted by Gasteiger charge is -2.58. The summed E-state index contributed by atoms with van der Waals surface area (Å²) in [6.07, 6.45) is 15.7. The van der Waals surface area contributed by atoms with Crippen molar-refractivity contribution in [1.29, 1.82) is 0 Å². The number of carbonyl (C=O) groups excluding carboxylic acids is 1. The molecule has 0 aromatic carbocycles. The third-order valence-electron chi connectivity index (χ3n) is 12.5. The normalized spacial score (nSPS) is 37.8. The molecule has 258 valence electrons. The Hall–Kier alpha value is -1.19. The van der Waals surface area contributed by atoms with E-state index in [4.69, 9.17) is 28.5 Å². The topological polar surface area (TPSA) is 75.7 Å². The number of ether oxygens (including phenoxy) is 5. The predicted octanol–water partition coefficient (Wildman–Crippen LogP) is 7.80. The average molecular weight is 634 g/mol. The largest absolute Gasteiger partial charge is 0.444 e. The van der Waals surface area contributed by atoms with Crippen molar-refractivity contribution in [1.82, 2.24) is 5.06 Å². The van der Waals surface area contributed by atoms with E-state index in [1.165, 1.54) is 62.0 Å². The predicted molar refractivity (Wildman–Crippen MR) is 174 cm³/mol. The Morgan fingerprint density at radius 1 is 0.867 bits per heavy atom. The van der Waals surface area contributed by atoms with E-state index in [1.807, 2.05) is 0 Å². The van der Waals surface area contributed by atoms with Crippen LogP contribution in [0.15, 0.2) is 11.6 Å². The van der Waals surface area contributed by atoms with Gasteiger partial charge in [-0.15, -0.1) is 0 Å². The Bertz CT molecular complexity index is 956. The van der Waals surface area contributed by atoms with E-state index in [2.05, 4.69) is 40.7 Å². The highest BCUT2D eigenvalue weighted by atomic mass is 16.8. The van der Waals surface area contributed by atoms with Crippen molar-refractivity contribution >= 4 is 6.09 Å². The summed E-state index contributed by atoms with van der Waals surface area (Å²) in [6, 6.07) is 0. The fourth-order valence-electron chi connectivity index (χ4n) is 10.1. The lowest BCUT2D eigenvalue weighted by atomic mass is 9.47. The third kappa shape index (κ3) is 8.46. The minimum atomic E-state index is -0.487. The summed E-state index contributed by atoms with van der Waals surface area (Å²) < 4.78 is 28.3. The first-order valence-corrected chi connectivity index (χ1v) is 18.3. The van der Waals surface area contributed by atoms with Crippen LogP contribution in [0.25, 0.3) is 0 Å². The fraction of sp³-hybridized carbons (Fsp3) is 0.919. The van der Waals surface area contributed by atoms with Gasteiger partial charge in [-0.2, -0.15) is 5.06 Å². The molecule has 0 aromatic rings. The van der Waals surface area contributed by atoms with Crippen LogP contribution in [0.3, 0.4) is 0 Å². The lowest BCUT2D eigenvalue weighted by molar-refractivity contribution is -0.197. The summed E-state index contributed by atoms with van der Waals surface area (Å²) >= 11 is 0. The Morgan fingerprint density at radius 3 is 2.27 bits per heavy atom. The molecule has 4 fully saturated rings. The molecule has 5 rings (SSSR count). The summed E-state index contributed by atoms with van der Waals surface area (Å²) in [4.78, 5) is 19.0. The standard InChI is InChI=1S/C37H63NO7/c1-27(2)7-6-8-28(3)32-11-12-33-31-10-9-29-25-30(13-15-36(29,4)34(31)14-16-37(32,33)5)45-35(39)38-26-43-22-21-41-18-17-40-19-20-42-23-24-44-38/h9,27-28,30-34H,6-8,10-26H2,1-5H3/t28-,30?,31?,32-,33?,34?,36+,37-/m1/s1. The van der Waals surface area contributed by atoms with Gasteiger partial charge < -0.3 is 23.7 Å². The molecule has 4 aliphatic carbocycles. The van der Waals surface area contributed by atoms with Crippen LogP contribution in [0.5, 0.6) is 0 Å². The molecule has 4 unspecified atom stereocenters. The SMILES string of the molecule is CC(C)CCC[C@@H](C)[C@H]1CCC2C3CC=C4CC(OC(=O)N5COCCOCCOCCOCCO5)CC[C@]4(C)C3CC[C@@]21C. The van der Waals surface area contributed by atoms with Crippen molar-refractivity contribution in [3.8, 4) is 0 Å². The van der Waals surface area contributed by atoms with Crippen molar-refractivity contribution in [3.63, 3.8) is 0 Å². The summed E-state index contributed by atoms with van der Waals surface area (Å²) in [6.45, 7) is 15.9. The Labute approximate surface area is 273 Å². The quantitative estimate of drug-likeness (QED) is 0.276. The van der Waals surface area contributed by atoms with Gasteiger partial charge in [-0.1, -0.05) is 65.5 Å². The summed E-state index contributed by atoms with van der Waals surface area (Å²) in [5.74, 6) is 4.93. The van der Waals surface area contributed by atoms with E-state index in [0.29, 0.717) is 51.7 Å². The molecule has 3 saturated carbocycles. The molecule has 8 nitrogen and oxygen atoms in total. The lowest BCUT2D eigenvalue weighted by Crippen LogP contribution is -2.51. The zero-order chi connectivity index (χ0) is 31.9. The maximum absolute atomic E-state index is 13.3. The van der Waals surface area contributed by atoms with Crippen LogP contribution in [-0.4, -0.2) is 76.8 Å². The zero-order valence-electron chi connectivity index (χ0n) is 29.1. The number of allylic oxidation sites excluding steroid dienone is 1. The van der Waals surface area contributed by atoms with Gasteiger partial charge in [-0.05, 0) is 91.3 Å². The van der Waals surface area contributed by atoms with Crippen LogP contribution < -0.4 is 0 Å². The molecule has 1 amide bonds. The molecule has 8 atom stereocenters. The van der Waals surface area contributed by atoms with Crippen LogP contribution >= 0.6 is 0 Å². The van der Waals surface area contributed by atoms with Crippen molar-refractivity contribution in [2.75, 3.05) is 59.6 Å². The summed E-state index contributed by atoms with van der Waals surface area (Å²) in [5, 5.41) is 1.20. The average Bonchev–Trinajstić information content (AvgIpc) is 3.36. The van der Waals surface area contributed by atoms with E-state index in [9.17, 15) is 4.79 Å². The van der Waals surface area contributed by atoms with Gasteiger partial charge in [0.05, 0.1) is 52.9 Å². The van der Waals surface area contributed by atoms with E-state index in [1.54, 1.807) is 0 Å². The summed E-state index contributed by atoms with van der Waals surface area (Å²) in [5.41, 5.74) is 2.24. The molecular formula is C37H63NO7. The molecule has 1 aliphatic heterocycles. The molecule has 0 N–H and O–H groups in total. The van der Waals surface area contributed by atoms with Gasteiger partial charge >= 0.3 is 6.09 Å². The number of hydrogen-bond donors (Lipinski definition) is 0. The number of rotatable bonds is 6. The zero-order valence-corrected chi connectivity index (χ0v) is 29.1. The van der Waals surface area contributed by atoms with Crippen LogP contribution in [-0.2, 0) is 28.5 Å². The molecule has 0 radical (unpaired) electrons. The number of carbonyl (C=O) groups is 1. The Kier molecular flexibility index (Phi) is 12.7. The highest BCUT2D eigenvalue weighted by Gasteiger charge is 2.59. The van der Waals surface area contributed by atoms with Crippen molar-refractivity contribution in [2.24, 2.45) is 46.3 Å². The molecular weight excluding hydrogens is 570 g/mol. The van der Waals surface area contributed by atoms with Crippen LogP contribution in [0.4, 0.5) is 4.79 Å². The van der Waals surface area contributed by atoms with Crippen molar-refractivity contribution in [3.05, 3.63) is 11.6 Å². The van der Waals surface area contributed by atoms with E-state index in [0.717, 1.165) is 54.8 Å². The Morgan fingerprint density at radius 2 is 1.56 bits per heavy atom. The molecule has 0 spiro atoms. The molecule has 8 heteroatoms. The second-order valence-electron chi connectivity index (χ2n) is 15.6. The van der Waals surface area contributed by atoms with Crippen LogP contribution in [0.2, 0.25) is 0 Å². The molecule has 1 heterocycles. The molecule has 5 aliphatic rings. The first-order valence-electron chi connectivity index (χ1n) is 18.3. The number of hydroxylamine groups is 2. The number of amides is 1. The molecule has 1 saturated heterocycles. The van der Waals surface area contributed by atoms with Gasteiger partial charge in [0.15, 0.2) is 6.73 Å². The first kappa shape index (κ1) is 35.1. The third-order valence-corrected chi connectivity index (χ3v) is 12.5. The van der Waals surface area contributed by atoms with E-state index in [-0.39, 0.29) is 24.9 Å². The minimum absolute atomic E-state index is 0.00687. The van der Waals surface area contributed by atoms with Crippen molar-refractivity contribution < 1.29 is 33.3 Å². The number of hydrogen-bond acceptors (Lipinski definition) is 7. The smallest absolute Gasteiger partial charge is 0.436 e. The monoisotopic (exact) mass is 633 g/mol. The molecule has 0 aromatic heterocycles. The maximum Gasteiger partial charge on any atom is 0.436 e. The second-order valence-corrected chi connectivity index (χ2v) is 15.6. The molecule has 45 heavy (non-hydrogen) atoms. The van der Waals surface area contributed by atoms with Gasteiger partial charge in [-0.3, -0.25) is 4.84 Å². The summed E-state index contributed by atoms with van der Waals surface area (Å²) in [7, 11) is 0. The van der Waals surface area contributed by atoms with E-state index < -0.39 is 6.09 Å². The van der Waals surface area contributed by atoms with Gasteiger partial charge in [0.25, 0.3) is 0 Å². The number of nitrogens with zero attached hydrogens (tertiary/aromatic N) is 1. The number of fused-ring (bicyclic) bond motifs is 5. The minimum Gasteiger partial charge on any atom is -0.444 e. The highest BCUT2D eigenvalue weighted by molar-refractivity contribution is 5.66. The second kappa shape index (κ2) is 16.3. The Balaban J connectivity index is 1.16. The van der Waals surface area contributed by atoms with Gasteiger partial charge in [-0.25, -0.2) is 4.79 Å². The van der Waals surface area contributed by atoms with Gasteiger partial charge in [0, 0.05) is 6.42 Å². The highest BCUT2D eigenvalue weighted by Crippen LogP contribution is 2.67. The fourth-order valence-corrected chi connectivity index (χ4v) is 10.1. The van der Waals surface area contributed by atoms with Crippen molar-refractivity contribution in [2.45, 2.75) is 111 Å². The van der Waals surface area contributed by atoms with Crippen LogP contribution in [0, 0.1) is 46.3 Å². The van der Waals surface area contributed by atoms with Crippen LogP contribution in [0.1, 0.15) is 105 Å². The van der Waals surface area contributed by atoms with E-state index >= 15 is 0 Å². The van der Waals surface area contributed by atoms with Gasteiger partial charge in [0.2, 0.25) is 0 Å². The molecule has 0 bridgehead atoms. The van der Waals surface area contributed by atoms with Gasteiger partial charge in [0.1, 0.15) is 6.10 Å². The first-order chi connectivity index (χ1) is 21.7. The maximum atomic E-state index is 13.3.